The molecule has 3 rings (SSSR count). The minimum absolute atomic E-state index is 0.188. The van der Waals surface area contributed by atoms with Crippen molar-refractivity contribution in [1.82, 2.24) is 0 Å². The number of hydrogen-bond donors (Lipinski definition) is 0. The molecule has 0 amide bonds. The van der Waals surface area contributed by atoms with E-state index in [1.54, 1.807) is 25.1 Å². The Morgan fingerprint density at radius 1 is 0.968 bits per heavy atom. The zero-order valence-corrected chi connectivity index (χ0v) is 18.5. The summed E-state index contributed by atoms with van der Waals surface area (Å²) in [5.74, 6) is -0.352. The van der Waals surface area contributed by atoms with Crippen molar-refractivity contribution in [3.05, 3.63) is 101 Å². The Labute approximate surface area is 183 Å². The lowest BCUT2D eigenvalue weighted by Gasteiger charge is -2.32. The summed E-state index contributed by atoms with van der Waals surface area (Å²) < 4.78 is 26.0. The molecule has 0 aliphatic carbocycles. The van der Waals surface area contributed by atoms with E-state index >= 15 is 4.39 Å². The fraction of sp³-hybridized carbons (Fsp3) is 0.296. The topological polar surface area (TPSA) is 35.5 Å². The highest BCUT2D eigenvalue weighted by Gasteiger charge is 2.30. The molecular weight excluding hydrogens is 391 g/mol. The van der Waals surface area contributed by atoms with Gasteiger partial charge in [-0.2, -0.15) is 0 Å². The van der Waals surface area contributed by atoms with Crippen molar-refractivity contribution >= 4 is 5.97 Å². The maximum Gasteiger partial charge on any atom is 0.338 e. The summed E-state index contributed by atoms with van der Waals surface area (Å²) in [7, 11) is 0. The van der Waals surface area contributed by atoms with Gasteiger partial charge in [0.2, 0.25) is 0 Å². The molecule has 0 aliphatic heterocycles. The van der Waals surface area contributed by atoms with Crippen LogP contribution in [0.25, 0.3) is 0 Å². The molecule has 3 aromatic carbocycles. The van der Waals surface area contributed by atoms with E-state index in [-0.39, 0.29) is 23.1 Å². The third-order valence-electron chi connectivity index (χ3n) is 5.15. The molecule has 3 aromatic rings. The number of halogens is 1. The van der Waals surface area contributed by atoms with Gasteiger partial charge in [0.15, 0.2) is 0 Å². The third kappa shape index (κ3) is 5.72. The largest absolute Gasteiger partial charge is 0.489 e. The summed E-state index contributed by atoms with van der Waals surface area (Å²) >= 11 is 0. The fourth-order valence-electron chi connectivity index (χ4n) is 3.74. The molecule has 0 saturated heterocycles. The van der Waals surface area contributed by atoms with E-state index in [4.69, 9.17) is 9.47 Å². The van der Waals surface area contributed by atoms with E-state index in [2.05, 4.69) is 20.8 Å². The molecule has 162 valence electrons. The predicted octanol–water partition coefficient (Wildman–Crippen LogP) is 6.76. The second-order valence-electron chi connectivity index (χ2n) is 8.60. The van der Waals surface area contributed by atoms with Crippen LogP contribution in [-0.4, -0.2) is 12.6 Å². The van der Waals surface area contributed by atoms with Crippen molar-refractivity contribution < 1.29 is 18.7 Å². The zero-order chi connectivity index (χ0) is 22.4. The van der Waals surface area contributed by atoms with Gasteiger partial charge in [-0.15, -0.1) is 0 Å². The Kier molecular flexibility index (Phi) is 7.11. The lowest BCUT2D eigenvalue weighted by Crippen LogP contribution is -2.21. The molecule has 0 radical (unpaired) electrons. The summed E-state index contributed by atoms with van der Waals surface area (Å²) in [5, 5.41) is 0. The van der Waals surface area contributed by atoms with Gasteiger partial charge >= 0.3 is 5.97 Å². The first kappa shape index (κ1) is 22.5. The molecule has 0 spiro atoms. The summed E-state index contributed by atoms with van der Waals surface area (Å²) in [4.78, 5) is 12.0. The molecule has 0 aliphatic rings. The first-order valence-electron chi connectivity index (χ1n) is 10.5. The molecule has 1 atom stereocenters. The van der Waals surface area contributed by atoms with Crippen molar-refractivity contribution in [2.45, 2.75) is 40.2 Å². The lowest BCUT2D eigenvalue weighted by atomic mass is 9.72. The minimum atomic E-state index is -0.354. The highest BCUT2D eigenvalue weighted by atomic mass is 19.1. The Bertz CT molecular complexity index is 1000. The fourth-order valence-corrected chi connectivity index (χ4v) is 3.74. The zero-order valence-electron chi connectivity index (χ0n) is 18.5. The van der Waals surface area contributed by atoms with Gasteiger partial charge in [-0.3, -0.25) is 0 Å². The van der Waals surface area contributed by atoms with Crippen LogP contribution >= 0.6 is 0 Å². The highest BCUT2D eigenvalue weighted by molar-refractivity contribution is 5.89. The molecule has 3 nitrogen and oxygen atoms in total. The van der Waals surface area contributed by atoms with E-state index in [9.17, 15) is 4.79 Å². The van der Waals surface area contributed by atoms with Gasteiger partial charge in [-0.25, -0.2) is 9.18 Å². The predicted molar refractivity (Wildman–Crippen MR) is 121 cm³/mol. The van der Waals surface area contributed by atoms with Crippen molar-refractivity contribution in [1.29, 1.82) is 0 Å². The number of carbonyl (C=O) groups is 1. The first-order valence-corrected chi connectivity index (χ1v) is 10.5. The van der Waals surface area contributed by atoms with Gasteiger partial charge in [0, 0.05) is 12.0 Å². The molecule has 0 N–H and O–H groups in total. The molecular formula is C27H29FO3. The van der Waals surface area contributed by atoms with Gasteiger partial charge in [-0.05, 0) is 47.2 Å². The number of carbonyl (C=O) groups excluding carboxylic acids is 1. The standard InChI is InChI=1S/C27H29FO3/c1-5-30-26(29)21-13-11-20(12-14-21)25(27(2,3)4)23-16-15-22(17-24(23)28)31-18-19-9-7-6-8-10-19/h6-17,25H,5,18H2,1-4H3. The van der Waals surface area contributed by atoms with Crippen molar-refractivity contribution in [3.63, 3.8) is 0 Å². The van der Waals surface area contributed by atoms with E-state index in [0.717, 1.165) is 11.1 Å². The smallest absolute Gasteiger partial charge is 0.338 e. The molecule has 4 heteroatoms. The summed E-state index contributed by atoms with van der Waals surface area (Å²) in [5.41, 5.74) is 2.82. The monoisotopic (exact) mass is 420 g/mol. The SMILES string of the molecule is CCOC(=O)c1ccc(C(c2ccc(OCc3ccccc3)cc2F)C(C)(C)C)cc1. The number of rotatable bonds is 7. The van der Waals surface area contributed by atoms with Gasteiger partial charge in [0.1, 0.15) is 18.2 Å². The van der Waals surface area contributed by atoms with E-state index in [1.807, 2.05) is 48.5 Å². The van der Waals surface area contributed by atoms with Crippen LogP contribution in [0, 0.1) is 11.2 Å². The number of hydrogen-bond acceptors (Lipinski definition) is 3. The van der Waals surface area contributed by atoms with E-state index < -0.39 is 0 Å². The summed E-state index contributed by atoms with van der Waals surface area (Å²) in [6.45, 7) is 8.73. The van der Waals surface area contributed by atoms with Crippen LogP contribution in [0.4, 0.5) is 4.39 Å². The van der Waals surface area contributed by atoms with Crippen LogP contribution in [-0.2, 0) is 11.3 Å². The first-order chi connectivity index (χ1) is 14.8. The quantitative estimate of drug-likeness (QED) is 0.396. The normalized spacial score (nSPS) is 12.3. The second-order valence-corrected chi connectivity index (χ2v) is 8.60. The summed E-state index contributed by atoms with van der Waals surface area (Å²) in [6, 6.07) is 22.1. The van der Waals surface area contributed by atoms with Gasteiger partial charge < -0.3 is 9.47 Å². The molecule has 0 fully saturated rings. The Hall–Kier alpha value is -3.14. The molecule has 0 saturated carbocycles. The third-order valence-corrected chi connectivity index (χ3v) is 5.15. The van der Waals surface area contributed by atoms with Crippen molar-refractivity contribution in [2.24, 2.45) is 5.41 Å². The van der Waals surface area contributed by atoms with Crippen LogP contribution in [0.3, 0.4) is 0 Å². The lowest BCUT2D eigenvalue weighted by molar-refractivity contribution is 0.0526. The van der Waals surface area contributed by atoms with Crippen LogP contribution in [0.2, 0.25) is 0 Å². The van der Waals surface area contributed by atoms with Crippen LogP contribution in [0.5, 0.6) is 5.75 Å². The molecule has 0 heterocycles. The minimum Gasteiger partial charge on any atom is -0.489 e. The molecule has 0 aromatic heterocycles. The van der Waals surface area contributed by atoms with Gasteiger partial charge in [0.05, 0.1) is 12.2 Å². The Morgan fingerprint density at radius 3 is 2.23 bits per heavy atom. The van der Waals surface area contributed by atoms with Crippen LogP contribution in [0.15, 0.2) is 72.8 Å². The van der Waals surface area contributed by atoms with Crippen molar-refractivity contribution in [3.8, 4) is 5.75 Å². The van der Waals surface area contributed by atoms with Gasteiger partial charge in [-0.1, -0.05) is 69.3 Å². The Morgan fingerprint density at radius 2 is 1.65 bits per heavy atom. The van der Waals surface area contributed by atoms with Crippen molar-refractivity contribution in [2.75, 3.05) is 6.61 Å². The number of ether oxygens (including phenoxy) is 2. The van der Waals surface area contributed by atoms with E-state index in [1.165, 1.54) is 6.07 Å². The van der Waals surface area contributed by atoms with Crippen LogP contribution < -0.4 is 4.74 Å². The maximum atomic E-state index is 15.2. The molecule has 31 heavy (non-hydrogen) atoms. The summed E-state index contributed by atoms with van der Waals surface area (Å²) in [6.07, 6.45) is 0. The molecule has 1 unspecified atom stereocenters. The Balaban J connectivity index is 1.85. The maximum absolute atomic E-state index is 15.2. The average Bonchev–Trinajstić information content (AvgIpc) is 2.74. The highest BCUT2D eigenvalue weighted by Crippen LogP contribution is 2.42. The van der Waals surface area contributed by atoms with E-state index in [0.29, 0.717) is 30.1 Å². The van der Waals surface area contributed by atoms with Gasteiger partial charge in [0.25, 0.3) is 0 Å². The second kappa shape index (κ2) is 9.78. The average molecular weight is 421 g/mol. The number of esters is 1. The molecule has 0 bridgehead atoms. The van der Waals surface area contributed by atoms with Crippen LogP contribution in [0.1, 0.15) is 60.7 Å². The number of benzene rings is 3.